The van der Waals surface area contributed by atoms with Crippen molar-refractivity contribution in [1.29, 1.82) is 0 Å². The lowest BCUT2D eigenvalue weighted by Gasteiger charge is -2.14. The standard InChI is InChI=1S/C28H30ClN5O3S/c1-18-6-7-21(13-30)22(10-18)15-31-26(35)12-25-19(2)8-9-34(27(25)36)33-14-20-4-3-5-23(11-20)37-17-24-16-32-28(29)38-24/h3-11,16,33H,12-15,17,30H2,1-2H3,(H,31,35). The number of carbonyl (C=O) groups excluding carboxylic acids is 1. The van der Waals surface area contributed by atoms with E-state index < -0.39 is 0 Å². The molecule has 4 N–H and O–H groups in total. The van der Waals surface area contributed by atoms with Gasteiger partial charge in [0, 0.05) is 31.0 Å². The zero-order chi connectivity index (χ0) is 27.1. The third kappa shape index (κ3) is 7.22. The lowest BCUT2D eigenvalue weighted by atomic mass is 10.0. The zero-order valence-corrected chi connectivity index (χ0v) is 22.9. The summed E-state index contributed by atoms with van der Waals surface area (Å²) >= 11 is 7.25. The Kier molecular flexibility index (Phi) is 9.17. The van der Waals surface area contributed by atoms with Crippen molar-refractivity contribution < 1.29 is 9.53 Å². The van der Waals surface area contributed by atoms with Crippen LogP contribution < -0.4 is 26.8 Å². The maximum atomic E-state index is 13.2. The first-order valence-electron chi connectivity index (χ1n) is 12.1. The van der Waals surface area contributed by atoms with E-state index in [-0.39, 0.29) is 17.9 Å². The van der Waals surface area contributed by atoms with Crippen LogP contribution in [0.3, 0.4) is 0 Å². The second-order valence-corrected chi connectivity index (χ2v) is 10.6. The van der Waals surface area contributed by atoms with Crippen LogP contribution in [0.15, 0.2) is 65.7 Å². The summed E-state index contributed by atoms with van der Waals surface area (Å²) in [6.45, 7) is 5.36. The Balaban J connectivity index is 1.37. The molecule has 0 bridgehead atoms. The number of carbonyl (C=O) groups is 1. The lowest BCUT2D eigenvalue weighted by molar-refractivity contribution is -0.120. The minimum atomic E-state index is -0.257. The highest BCUT2D eigenvalue weighted by molar-refractivity contribution is 7.15. The van der Waals surface area contributed by atoms with Gasteiger partial charge in [-0.25, -0.2) is 9.66 Å². The second kappa shape index (κ2) is 12.7. The Labute approximate surface area is 230 Å². The molecular weight excluding hydrogens is 522 g/mol. The molecule has 0 aliphatic carbocycles. The fourth-order valence-corrected chi connectivity index (χ4v) is 4.86. The van der Waals surface area contributed by atoms with Crippen molar-refractivity contribution in [3.05, 3.63) is 114 Å². The minimum Gasteiger partial charge on any atom is -0.488 e. The lowest BCUT2D eigenvalue weighted by Crippen LogP contribution is -2.34. The van der Waals surface area contributed by atoms with Gasteiger partial charge >= 0.3 is 0 Å². The molecule has 2 aromatic heterocycles. The molecule has 4 rings (SSSR count). The molecule has 4 aromatic rings. The van der Waals surface area contributed by atoms with Crippen molar-refractivity contribution in [2.45, 2.75) is 46.5 Å². The minimum absolute atomic E-state index is 0.0120. The molecule has 10 heteroatoms. The van der Waals surface area contributed by atoms with Crippen LogP contribution in [-0.2, 0) is 37.5 Å². The molecule has 0 radical (unpaired) electrons. The van der Waals surface area contributed by atoms with Gasteiger partial charge in [-0.3, -0.25) is 9.59 Å². The molecule has 0 aliphatic heterocycles. The second-order valence-electron chi connectivity index (χ2n) is 8.93. The summed E-state index contributed by atoms with van der Waals surface area (Å²) in [6, 6.07) is 15.4. The fraction of sp³-hybridized carbons (Fsp3) is 0.250. The van der Waals surface area contributed by atoms with Crippen LogP contribution in [0.1, 0.15) is 38.3 Å². The summed E-state index contributed by atoms with van der Waals surface area (Å²) in [4.78, 5) is 30.8. The summed E-state index contributed by atoms with van der Waals surface area (Å²) in [5, 5.41) is 2.92. The first kappa shape index (κ1) is 27.4. The van der Waals surface area contributed by atoms with Gasteiger partial charge in [-0.05, 0) is 54.3 Å². The number of nitrogens with one attached hydrogen (secondary N) is 2. The highest BCUT2D eigenvalue weighted by Gasteiger charge is 2.13. The highest BCUT2D eigenvalue weighted by atomic mass is 35.5. The fourth-order valence-electron chi connectivity index (χ4n) is 3.97. The first-order valence-corrected chi connectivity index (χ1v) is 13.3. The molecule has 2 heterocycles. The summed E-state index contributed by atoms with van der Waals surface area (Å²) < 4.78 is 7.73. The molecule has 0 saturated heterocycles. The average Bonchev–Trinajstić information content (AvgIpc) is 3.33. The number of nitrogens with two attached hydrogens (primary N) is 1. The highest BCUT2D eigenvalue weighted by Crippen LogP contribution is 2.21. The van der Waals surface area contributed by atoms with E-state index in [1.807, 2.05) is 62.4 Å². The van der Waals surface area contributed by atoms with E-state index in [2.05, 4.69) is 15.7 Å². The quantitative estimate of drug-likeness (QED) is 0.257. The topological polar surface area (TPSA) is 111 Å². The van der Waals surface area contributed by atoms with E-state index in [9.17, 15) is 9.59 Å². The van der Waals surface area contributed by atoms with Gasteiger partial charge in [0.2, 0.25) is 5.91 Å². The van der Waals surface area contributed by atoms with Crippen LogP contribution in [0.5, 0.6) is 5.75 Å². The summed E-state index contributed by atoms with van der Waals surface area (Å²) in [7, 11) is 0. The van der Waals surface area contributed by atoms with Gasteiger partial charge in [-0.2, -0.15) is 0 Å². The Hall–Kier alpha value is -3.66. The Morgan fingerprint density at radius 3 is 2.74 bits per heavy atom. The van der Waals surface area contributed by atoms with E-state index in [1.165, 1.54) is 16.0 Å². The average molecular weight is 552 g/mol. The van der Waals surface area contributed by atoms with Gasteiger partial charge in [-0.15, -0.1) is 11.3 Å². The van der Waals surface area contributed by atoms with Crippen LogP contribution in [-0.4, -0.2) is 15.6 Å². The third-order valence-electron chi connectivity index (χ3n) is 6.08. The van der Waals surface area contributed by atoms with Crippen LogP contribution in [0.4, 0.5) is 0 Å². The van der Waals surface area contributed by atoms with Crippen molar-refractivity contribution in [2.75, 3.05) is 5.43 Å². The number of ether oxygens (including phenoxy) is 1. The number of aryl methyl sites for hydroxylation is 2. The molecular formula is C28H30ClN5O3S. The SMILES string of the molecule is Cc1ccc(CN)c(CNC(=O)Cc2c(C)ccn(NCc3cccc(OCc4cnc(Cl)s4)c3)c2=O)c1. The van der Waals surface area contributed by atoms with Crippen molar-refractivity contribution >= 4 is 28.8 Å². The van der Waals surface area contributed by atoms with Crippen LogP contribution in [0, 0.1) is 13.8 Å². The van der Waals surface area contributed by atoms with E-state index in [1.54, 1.807) is 12.4 Å². The molecule has 0 fully saturated rings. The predicted molar refractivity (Wildman–Crippen MR) is 151 cm³/mol. The summed E-state index contributed by atoms with van der Waals surface area (Å²) in [6.07, 6.45) is 3.36. The van der Waals surface area contributed by atoms with Crippen molar-refractivity contribution in [3.8, 4) is 5.75 Å². The normalized spacial score (nSPS) is 10.8. The van der Waals surface area contributed by atoms with Crippen molar-refractivity contribution in [3.63, 3.8) is 0 Å². The molecule has 198 valence electrons. The molecule has 2 aromatic carbocycles. The number of rotatable bonds is 11. The van der Waals surface area contributed by atoms with Crippen LogP contribution >= 0.6 is 22.9 Å². The number of benzene rings is 2. The van der Waals surface area contributed by atoms with Gasteiger partial charge in [-0.1, -0.05) is 47.5 Å². The number of thiazole rings is 1. The van der Waals surface area contributed by atoms with E-state index in [4.69, 9.17) is 22.1 Å². The van der Waals surface area contributed by atoms with E-state index >= 15 is 0 Å². The monoisotopic (exact) mass is 551 g/mol. The van der Waals surface area contributed by atoms with Gasteiger partial charge in [0.05, 0.1) is 17.8 Å². The predicted octanol–water partition coefficient (Wildman–Crippen LogP) is 4.22. The van der Waals surface area contributed by atoms with Gasteiger partial charge in [0.1, 0.15) is 12.4 Å². The summed E-state index contributed by atoms with van der Waals surface area (Å²) in [5.74, 6) is 0.480. The molecule has 0 unspecified atom stereocenters. The van der Waals surface area contributed by atoms with Crippen LogP contribution in [0.25, 0.3) is 0 Å². The molecule has 0 saturated carbocycles. The number of amides is 1. The Bertz CT molecular complexity index is 1480. The van der Waals surface area contributed by atoms with Crippen LogP contribution in [0.2, 0.25) is 4.47 Å². The Morgan fingerprint density at radius 2 is 1.97 bits per heavy atom. The molecule has 38 heavy (non-hydrogen) atoms. The first-order chi connectivity index (χ1) is 18.3. The number of pyridine rings is 1. The Morgan fingerprint density at radius 1 is 1.13 bits per heavy atom. The molecule has 8 nitrogen and oxygen atoms in total. The third-order valence-corrected chi connectivity index (χ3v) is 7.17. The molecule has 0 atom stereocenters. The molecule has 0 spiro atoms. The number of aromatic nitrogens is 2. The van der Waals surface area contributed by atoms with E-state index in [0.717, 1.165) is 32.7 Å². The number of hydrogen-bond acceptors (Lipinski definition) is 7. The van der Waals surface area contributed by atoms with Gasteiger partial charge in [0.15, 0.2) is 4.47 Å². The van der Waals surface area contributed by atoms with Crippen molar-refractivity contribution in [1.82, 2.24) is 15.0 Å². The van der Waals surface area contributed by atoms with Crippen molar-refractivity contribution in [2.24, 2.45) is 5.73 Å². The number of halogens is 1. The molecule has 1 amide bonds. The van der Waals surface area contributed by atoms with Gasteiger partial charge < -0.3 is 21.2 Å². The maximum absolute atomic E-state index is 13.2. The summed E-state index contributed by atoms with van der Waals surface area (Å²) in [5.41, 5.74) is 13.9. The number of hydrogen-bond donors (Lipinski definition) is 3. The van der Waals surface area contributed by atoms with E-state index in [0.29, 0.717) is 42.0 Å². The van der Waals surface area contributed by atoms with Gasteiger partial charge in [0.25, 0.3) is 5.56 Å². The number of nitrogens with zero attached hydrogens (tertiary/aromatic N) is 2. The smallest absolute Gasteiger partial charge is 0.272 e. The molecule has 0 aliphatic rings. The maximum Gasteiger partial charge on any atom is 0.272 e. The zero-order valence-electron chi connectivity index (χ0n) is 21.3. The largest absolute Gasteiger partial charge is 0.488 e.